The lowest BCUT2D eigenvalue weighted by Crippen LogP contribution is -2.40. The Hall–Kier alpha value is -2.08. The van der Waals surface area contributed by atoms with Crippen molar-refractivity contribution in [3.05, 3.63) is 29.8 Å². The topological polar surface area (TPSA) is 87.1 Å². The highest BCUT2D eigenvalue weighted by Gasteiger charge is 2.39. The van der Waals surface area contributed by atoms with Crippen molar-refractivity contribution in [1.82, 2.24) is 4.90 Å². The summed E-state index contributed by atoms with van der Waals surface area (Å²) in [7, 11) is 0. The molecule has 1 aromatic carbocycles. The second-order valence-corrected chi connectivity index (χ2v) is 5.07. The van der Waals surface area contributed by atoms with Gasteiger partial charge in [-0.1, -0.05) is 6.92 Å². The number of carbonyl (C=O) groups is 2. The highest BCUT2D eigenvalue weighted by molar-refractivity contribution is 5.97. The minimum absolute atomic E-state index is 0.0455. The van der Waals surface area contributed by atoms with Crippen molar-refractivity contribution in [3.8, 4) is 5.75 Å². The fourth-order valence-electron chi connectivity index (χ4n) is 2.35. The molecule has 1 aromatic rings. The summed E-state index contributed by atoms with van der Waals surface area (Å²) in [6.45, 7) is 2.65. The van der Waals surface area contributed by atoms with Crippen molar-refractivity contribution in [2.45, 2.75) is 31.9 Å². The van der Waals surface area contributed by atoms with E-state index in [2.05, 4.69) is 0 Å². The Morgan fingerprint density at radius 3 is 2.57 bits per heavy atom. The van der Waals surface area contributed by atoms with E-state index < -0.39 is 18.1 Å². The van der Waals surface area contributed by atoms with E-state index >= 15 is 0 Å². The largest absolute Gasteiger partial charge is 0.494 e. The van der Waals surface area contributed by atoms with E-state index in [9.17, 15) is 14.7 Å². The van der Waals surface area contributed by atoms with E-state index in [0.29, 0.717) is 17.9 Å². The molecule has 0 radical (unpaired) electrons. The molecule has 6 heteroatoms. The average Bonchev–Trinajstić information content (AvgIpc) is 2.87. The summed E-state index contributed by atoms with van der Waals surface area (Å²) in [4.78, 5) is 24.7. The Kier molecular flexibility index (Phi) is 4.80. The van der Waals surface area contributed by atoms with Crippen LogP contribution in [-0.2, 0) is 4.79 Å². The minimum Gasteiger partial charge on any atom is -0.494 e. The molecule has 2 rings (SSSR count). The summed E-state index contributed by atoms with van der Waals surface area (Å²) in [6.07, 6.45) is 0.174. The molecular formula is C15H19NO5. The van der Waals surface area contributed by atoms with Crippen LogP contribution in [0.3, 0.4) is 0 Å². The fraction of sp³-hybridized carbons (Fsp3) is 0.467. The molecule has 6 nitrogen and oxygen atoms in total. The molecule has 1 aliphatic rings. The summed E-state index contributed by atoms with van der Waals surface area (Å²) >= 11 is 0. The van der Waals surface area contributed by atoms with Crippen molar-refractivity contribution < 1.29 is 24.5 Å². The van der Waals surface area contributed by atoms with Gasteiger partial charge in [-0.15, -0.1) is 0 Å². The number of β-amino-alcohol motifs (C(OH)–C–C–N with tert-alkyl or cyclic N) is 1. The maximum absolute atomic E-state index is 12.3. The van der Waals surface area contributed by atoms with E-state index in [1.165, 1.54) is 4.90 Å². The van der Waals surface area contributed by atoms with E-state index in [1.807, 2.05) is 6.92 Å². The zero-order valence-corrected chi connectivity index (χ0v) is 11.9. The standard InChI is InChI=1S/C15H19NO5/c1-2-7-21-12-5-3-10(4-6-12)14(18)16-9-11(17)8-13(16)15(19)20/h3-6,11,13,17H,2,7-9H2,1H3,(H,19,20)/t11-,13+/m1/s1. The number of carbonyl (C=O) groups excluding carboxylic acids is 1. The van der Waals surface area contributed by atoms with Gasteiger partial charge in [-0.2, -0.15) is 0 Å². The van der Waals surface area contributed by atoms with Gasteiger partial charge >= 0.3 is 5.97 Å². The van der Waals surface area contributed by atoms with Gasteiger partial charge in [0.15, 0.2) is 0 Å². The maximum Gasteiger partial charge on any atom is 0.326 e. The third-order valence-electron chi connectivity index (χ3n) is 3.40. The first-order valence-electron chi connectivity index (χ1n) is 6.97. The van der Waals surface area contributed by atoms with Crippen LogP contribution in [0.4, 0.5) is 0 Å². The van der Waals surface area contributed by atoms with Gasteiger partial charge in [-0.25, -0.2) is 4.79 Å². The summed E-state index contributed by atoms with van der Waals surface area (Å²) in [5, 5.41) is 18.7. The summed E-state index contributed by atoms with van der Waals surface area (Å²) in [5.74, 6) is -0.812. The lowest BCUT2D eigenvalue weighted by Gasteiger charge is -2.21. The van der Waals surface area contributed by atoms with Crippen molar-refractivity contribution in [3.63, 3.8) is 0 Å². The molecule has 1 amide bonds. The molecule has 0 unspecified atom stereocenters. The van der Waals surface area contributed by atoms with Crippen LogP contribution in [0.25, 0.3) is 0 Å². The van der Waals surface area contributed by atoms with Gasteiger partial charge < -0.3 is 19.8 Å². The Balaban J connectivity index is 2.10. The zero-order chi connectivity index (χ0) is 15.4. The van der Waals surface area contributed by atoms with Gasteiger partial charge in [-0.05, 0) is 30.7 Å². The molecule has 0 spiro atoms. The van der Waals surface area contributed by atoms with Crippen LogP contribution in [0.15, 0.2) is 24.3 Å². The Morgan fingerprint density at radius 1 is 1.33 bits per heavy atom. The Bertz CT molecular complexity index is 513. The molecule has 0 saturated carbocycles. The number of aliphatic hydroxyl groups is 1. The molecular weight excluding hydrogens is 274 g/mol. The molecule has 114 valence electrons. The third-order valence-corrected chi connectivity index (χ3v) is 3.40. The quantitative estimate of drug-likeness (QED) is 0.850. The first kappa shape index (κ1) is 15.3. The number of amides is 1. The summed E-state index contributed by atoms with van der Waals surface area (Å²) in [6, 6.07) is 5.62. The molecule has 0 aliphatic carbocycles. The molecule has 0 bridgehead atoms. The molecule has 2 N–H and O–H groups in total. The fourth-order valence-corrected chi connectivity index (χ4v) is 2.35. The number of aliphatic hydroxyl groups excluding tert-OH is 1. The SMILES string of the molecule is CCCOc1ccc(C(=O)N2C[C@H](O)C[C@H]2C(=O)O)cc1. The highest BCUT2D eigenvalue weighted by Crippen LogP contribution is 2.22. The smallest absolute Gasteiger partial charge is 0.326 e. The van der Waals surface area contributed by atoms with Gasteiger partial charge in [0.1, 0.15) is 11.8 Å². The number of rotatable bonds is 5. The zero-order valence-electron chi connectivity index (χ0n) is 11.9. The third kappa shape index (κ3) is 3.52. The van der Waals surface area contributed by atoms with Gasteiger partial charge in [0.05, 0.1) is 12.7 Å². The number of nitrogens with zero attached hydrogens (tertiary/aromatic N) is 1. The molecule has 21 heavy (non-hydrogen) atoms. The first-order valence-corrected chi connectivity index (χ1v) is 6.97. The number of benzene rings is 1. The van der Waals surface area contributed by atoms with Crippen molar-refractivity contribution in [1.29, 1.82) is 0 Å². The number of hydrogen-bond acceptors (Lipinski definition) is 4. The number of ether oxygens (including phenoxy) is 1. The van der Waals surface area contributed by atoms with E-state index in [4.69, 9.17) is 9.84 Å². The van der Waals surface area contributed by atoms with Crippen LogP contribution in [-0.4, -0.2) is 52.3 Å². The van der Waals surface area contributed by atoms with E-state index in [1.54, 1.807) is 24.3 Å². The van der Waals surface area contributed by atoms with Gasteiger partial charge in [0.25, 0.3) is 5.91 Å². The second kappa shape index (κ2) is 6.58. The van der Waals surface area contributed by atoms with Crippen LogP contribution in [0.2, 0.25) is 0 Å². The van der Waals surface area contributed by atoms with Crippen molar-refractivity contribution >= 4 is 11.9 Å². The Labute approximate surface area is 122 Å². The lowest BCUT2D eigenvalue weighted by molar-refractivity contribution is -0.141. The molecule has 2 atom stereocenters. The normalized spacial score (nSPS) is 21.3. The average molecular weight is 293 g/mol. The highest BCUT2D eigenvalue weighted by atomic mass is 16.5. The number of carboxylic acids is 1. The number of aliphatic carboxylic acids is 1. The molecule has 1 saturated heterocycles. The van der Waals surface area contributed by atoms with E-state index in [0.717, 1.165) is 6.42 Å². The predicted molar refractivity (Wildman–Crippen MR) is 75.3 cm³/mol. The van der Waals surface area contributed by atoms with Crippen LogP contribution < -0.4 is 4.74 Å². The van der Waals surface area contributed by atoms with Crippen LogP contribution in [0.5, 0.6) is 5.75 Å². The van der Waals surface area contributed by atoms with Gasteiger partial charge in [0.2, 0.25) is 0 Å². The van der Waals surface area contributed by atoms with Crippen LogP contribution in [0.1, 0.15) is 30.1 Å². The Morgan fingerprint density at radius 2 is 2.00 bits per heavy atom. The number of carboxylic acid groups (broad SMARTS) is 1. The first-order chi connectivity index (χ1) is 10.0. The second-order valence-electron chi connectivity index (χ2n) is 5.07. The maximum atomic E-state index is 12.3. The molecule has 1 heterocycles. The van der Waals surface area contributed by atoms with Crippen molar-refractivity contribution in [2.24, 2.45) is 0 Å². The van der Waals surface area contributed by atoms with Crippen molar-refractivity contribution in [2.75, 3.05) is 13.2 Å². The molecule has 1 fully saturated rings. The lowest BCUT2D eigenvalue weighted by atomic mass is 10.1. The van der Waals surface area contributed by atoms with Crippen LogP contribution >= 0.6 is 0 Å². The van der Waals surface area contributed by atoms with E-state index in [-0.39, 0.29) is 18.9 Å². The molecule has 0 aromatic heterocycles. The number of hydrogen-bond donors (Lipinski definition) is 2. The summed E-state index contributed by atoms with van der Waals surface area (Å²) < 4.78 is 5.43. The summed E-state index contributed by atoms with van der Waals surface area (Å²) in [5.41, 5.74) is 0.388. The monoisotopic (exact) mass is 293 g/mol. The van der Waals surface area contributed by atoms with Crippen LogP contribution in [0, 0.1) is 0 Å². The molecule has 1 aliphatic heterocycles. The number of likely N-dealkylation sites (tertiary alicyclic amines) is 1. The predicted octanol–water partition coefficient (Wildman–Crippen LogP) is 1.14. The minimum atomic E-state index is -1.09. The van der Waals surface area contributed by atoms with Gasteiger partial charge in [-0.3, -0.25) is 4.79 Å². The van der Waals surface area contributed by atoms with Gasteiger partial charge in [0, 0.05) is 18.5 Å².